The van der Waals surface area contributed by atoms with Crippen LogP contribution in [0.15, 0.2) is 65.6 Å². The van der Waals surface area contributed by atoms with E-state index in [4.69, 9.17) is 39.5 Å². The van der Waals surface area contributed by atoms with Gasteiger partial charge in [-0.1, -0.05) is 34.8 Å². The molecular formula is C22H18Cl3NO2S. The monoisotopic (exact) mass is 465 g/mol. The molecule has 0 saturated carbocycles. The minimum absolute atomic E-state index is 0.246. The Morgan fingerprint density at radius 1 is 0.931 bits per heavy atom. The van der Waals surface area contributed by atoms with E-state index in [0.29, 0.717) is 38.7 Å². The first kappa shape index (κ1) is 21.8. The predicted molar refractivity (Wildman–Crippen MR) is 123 cm³/mol. The third kappa shape index (κ3) is 6.31. The molecule has 0 spiro atoms. The summed E-state index contributed by atoms with van der Waals surface area (Å²) in [5, 5.41) is 4.44. The Morgan fingerprint density at radius 2 is 1.62 bits per heavy atom. The molecule has 3 nitrogen and oxygen atoms in total. The van der Waals surface area contributed by atoms with Crippen LogP contribution in [0, 0.1) is 0 Å². The molecule has 29 heavy (non-hydrogen) atoms. The SMILES string of the molecule is CCOc1ccc(C(=O)Nc2cc(Cl)cc(Cl)c2)cc1CSc1ccc(Cl)cc1. The number of nitrogens with one attached hydrogen (secondary N) is 1. The zero-order valence-corrected chi connectivity index (χ0v) is 18.6. The van der Waals surface area contributed by atoms with Gasteiger partial charge in [-0.25, -0.2) is 0 Å². The van der Waals surface area contributed by atoms with E-state index in [-0.39, 0.29) is 5.91 Å². The predicted octanol–water partition coefficient (Wildman–Crippen LogP) is 7.59. The van der Waals surface area contributed by atoms with Crippen LogP contribution in [0.25, 0.3) is 0 Å². The highest BCUT2D eigenvalue weighted by Crippen LogP contribution is 2.30. The van der Waals surface area contributed by atoms with Gasteiger partial charge >= 0.3 is 0 Å². The van der Waals surface area contributed by atoms with Gasteiger partial charge in [-0.2, -0.15) is 0 Å². The number of rotatable bonds is 7. The van der Waals surface area contributed by atoms with E-state index in [1.807, 2.05) is 43.3 Å². The van der Waals surface area contributed by atoms with Crippen LogP contribution in [0.3, 0.4) is 0 Å². The van der Waals surface area contributed by atoms with Crippen molar-refractivity contribution in [2.45, 2.75) is 17.6 Å². The highest BCUT2D eigenvalue weighted by atomic mass is 35.5. The van der Waals surface area contributed by atoms with E-state index in [0.717, 1.165) is 16.2 Å². The summed E-state index contributed by atoms with van der Waals surface area (Å²) in [7, 11) is 0. The summed E-state index contributed by atoms with van der Waals surface area (Å²) >= 11 is 19.6. The lowest BCUT2D eigenvalue weighted by molar-refractivity contribution is 0.102. The Balaban J connectivity index is 1.79. The van der Waals surface area contributed by atoms with Crippen molar-refractivity contribution in [3.05, 3.63) is 86.9 Å². The number of thioether (sulfide) groups is 1. The van der Waals surface area contributed by atoms with E-state index >= 15 is 0 Å². The second-order valence-electron chi connectivity index (χ2n) is 6.11. The minimum Gasteiger partial charge on any atom is -0.494 e. The van der Waals surface area contributed by atoms with Crippen molar-refractivity contribution >= 4 is 58.2 Å². The summed E-state index contributed by atoms with van der Waals surface area (Å²) in [6.07, 6.45) is 0. The normalized spacial score (nSPS) is 10.6. The maximum absolute atomic E-state index is 12.7. The summed E-state index contributed by atoms with van der Waals surface area (Å²) in [5.41, 5.74) is 2.00. The number of anilines is 1. The van der Waals surface area contributed by atoms with Crippen molar-refractivity contribution in [1.82, 2.24) is 0 Å². The first-order valence-electron chi connectivity index (χ1n) is 8.86. The molecule has 150 valence electrons. The average Bonchev–Trinajstić information content (AvgIpc) is 2.67. The van der Waals surface area contributed by atoms with Crippen LogP contribution in [0.2, 0.25) is 15.1 Å². The standard InChI is InChI=1S/C22H18Cl3NO2S/c1-2-28-21-8-3-14(22(27)26-19-11-17(24)10-18(25)12-19)9-15(21)13-29-20-6-4-16(23)5-7-20/h3-12H,2,13H2,1H3,(H,26,27). The fraction of sp³-hybridized carbons (Fsp3) is 0.136. The quantitative estimate of drug-likeness (QED) is 0.364. The Labute approximate surface area is 189 Å². The van der Waals surface area contributed by atoms with Gasteiger partial charge in [-0.3, -0.25) is 4.79 Å². The molecule has 0 aliphatic heterocycles. The van der Waals surface area contributed by atoms with Gasteiger partial charge in [0.1, 0.15) is 5.75 Å². The van der Waals surface area contributed by atoms with E-state index in [2.05, 4.69) is 5.32 Å². The summed E-state index contributed by atoms with van der Waals surface area (Å²) in [6.45, 7) is 2.48. The molecule has 0 unspecified atom stereocenters. The van der Waals surface area contributed by atoms with Gasteiger partial charge in [0.05, 0.1) is 6.61 Å². The number of ether oxygens (including phenoxy) is 1. The van der Waals surface area contributed by atoms with Crippen molar-refractivity contribution in [1.29, 1.82) is 0 Å². The number of carbonyl (C=O) groups excluding carboxylic acids is 1. The average molecular weight is 467 g/mol. The fourth-order valence-electron chi connectivity index (χ4n) is 2.65. The zero-order valence-electron chi connectivity index (χ0n) is 15.5. The Bertz CT molecular complexity index is 989. The molecule has 1 N–H and O–H groups in total. The molecular weight excluding hydrogens is 449 g/mol. The van der Waals surface area contributed by atoms with E-state index in [9.17, 15) is 4.79 Å². The molecule has 3 aromatic rings. The van der Waals surface area contributed by atoms with Crippen LogP contribution < -0.4 is 10.1 Å². The van der Waals surface area contributed by atoms with Gasteiger partial charge in [0, 0.05) is 42.5 Å². The molecule has 0 atom stereocenters. The molecule has 0 fully saturated rings. The second-order valence-corrected chi connectivity index (χ2v) is 8.47. The molecule has 0 aliphatic carbocycles. The van der Waals surface area contributed by atoms with Crippen LogP contribution in [0.4, 0.5) is 5.69 Å². The van der Waals surface area contributed by atoms with E-state index < -0.39 is 0 Å². The number of amides is 1. The molecule has 0 radical (unpaired) electrons. The highest BCUT2D eigenvalue weighted by molar-refractivity contribution is 7.98. The van der Waals surface area contributed by atoms with Gasteiger partial charge in [0.25, 0.3) is 5.91 Å². The lowest BCUT2D eigenvalue weighted by atomic mass is 10.1. The summed E-state index contributed by atoms with van der Waals surface area (Å²) < 4.78 is 5.73. The third-order valence-electron chi connectivity index (χ3n) is 3.95. The van der Waals surface area contributed by atoms with E-state index in [1.54, 1.807) is 36.0 Å². The molecule has 1 amide bonds. The first-order chi connectivity index (χ1) is 13.9. The van der Waals surface area contributed by atoms with Crippen LogP contribution >= 0.6 is 46.6 Å². The maximum Gasteiger partial charge on any atom is 0.255 e. The topological polar surface area (TPSA) is 38.3 Å². The smallest absolute Gasteiger partial charge is 0.255 e. The third-order valence-corrected chi connectivity index (χ3v) is 5.70. The minimum atomic E-state index is -0.246. The molecule has 0 aromatic heterocycles. The lowest BCUT2D eigenvalue weighted by Gasteiger charge is -2.13. The van der Waals surface area contributed by atoms with Crippen molar-refractivity contribution < 1.29 is 9.53 Å². The lowest BCUT2D eigenvalue weighted by Crippen LogP contribution is -2.12. The van der Waals surface area contributed by atoms with Gasteiger partial charge in [0.15, 0.2) is 0 Å². The maximum atomic E-state index is 12.7. The van der Waals surface area contributed by atoms with Crippen LogP contribution in [0.1, 0.15) is 22.8 Å². The van der Waals surface area contributed by atoms with Crippen molar-refractivity contribution in [3.8, 4) is 5.75 Å². The second kappa shape index (κ2) is 10.3. The fourth-order valence-corrected chi connectivity index (χ4v) is 4.18. The Kier molecular flexibility index (Phi) is 7.73. The molecule has 0 bridgehead atoms. The van der Waals surface area contributed by atoms with E-state index in [1.165, 1.54) is 0 Å². The van der Waals surface area contributed by atoms with Crippen LogP contribution in [0.5, 0.6) is 5.75 Å². The molecule has 0 aliphatic rings. The van der Waals surface area contributed by atoms with Gasteiger partial charge in [-0.05, 0) is 67.6 Å². The number of hydrogen-bond acceptors (Lipinski definition) is 3. The number of hydrogen-bond donors (Lipinski definition) is 1. The molecule has 0 heterocycles. The van der Waals surface area contributed by atoms with Crippen LogP contribution in [-0.2, 0) is 5.75 Å². The van der Waals surface area contributed by atoms with Gasteiger partial charge in [0.2, 0.25) is 0 Å². The highest BCUT2D eigenvalue weighted by Gasteiger charge is 2.12. The van der Waals surface area contributed by atoms with Crippen molar-refractivity contribution in [2.75, 3.05) is 11.9 Å². The number of halogens is 3. The zero-order chi connectivity index (χ0) is 20.8. The molecule has 0 saturated heterocycles. The Morgan fingerprint density at radius 3 is 2.28 bits per heavy atom. The van der Waals surface area contributed by atoms with Crippen molar-refractivity contribution in [3.63, 3.8) is 0 Å². The summed E-state index contributed by atoms with van der Waals surface area (Å²) in [6, 6.07) is 18.0. The number of benzene rings is 3. The van der Waals surface area contributed by atoms with Crippen molar-refractivity contribution in [2.24, 2.45) is 0 Å². The summed E-state index contributed by atoms with van der Waals surface area (Å²) in [5.74, 6) is 1.17. The molecule has 7 heteroatoms. The number of carbonyl (C=O) groups is 1. The van der Waals surface area contributed by atoms with Crippen LogP contribution in [-0.4, -0.2) is 12.5 Å². The summed E-state index contributed by atoms with van der Waals surface area (Å²) in [4.78, 5) is 13.8. The molecule has 3 rings (SSSR count). The van der Waals surface area contributed by atoms with Gasteiger partial charge < -0.3 is 10.1 Å². The van der Waals surface area contributed by atoms with Gasteiger partial charge in [-0.15, -0.1) is 11.8 Å². The molecule has 3 aromatic carbocycles. The Hall–Kier alpha value is -1.85. The largest absolute Gasteiger partial charge is 0.494 e. The first-order valence-corrected chi connectivity index (χ1v) is 11.0.